The number of benzene rings is 3. The van der Waals surface area contributed by atoms with Gasteiger partial charge < -0.3 is 20.1 Å². The molecule has 0 aliphatic carbocycles. The summed E-state index contributed by atoms with van der Waals surface area (Å²) < 4.78 is 5.84. The van der Waals surface area contributed by atoms with E-state index in [1.807, 2.05) is 48.5 Å². The first-order valence-corrected chi connectivity index (χ1v) is 12.5. The number of carboxylic acids is 1. The number of piperazine rings is 1. The highest BCUT2D eigenvalue weighted by atomic mass is 35.5. The van der Waals surface area contributed by atoms with Crippen molar-refractivity contribution in [3.63, 3.8) is 0 Å². The molecule has 2 N–H and O–H groups in total. The molecule has 1 fully saturated rings. The van der Waals surface area contributed by atoms with E-state index in [0.717, 1.165) is 50.9 Å². The van der Waals surface area contributed by atoms with Crippen molar-refractivity contribution in [2.75, 3.05) is 51.2 Å². The Morgan fingerprint density at radius 2 is 1.72 bits per heavy atom. The van der Waals surface area contributed by atoms with E-state index in [1.165, 1.54) is 5.56 Å². The number of ether oxygens (including phenoxy) is 1. The predicted octanol–water partition coefficient (Wildman–Crippen LogP) is 4.75. The standard InChI is InChI=1S/C28H31ClN4O3/c29-24-9-11-26(12-10-24)36-20-19-32-15-17-33(18-16-32)28(30-14-13-22-5-2-1-3-6-22)31-25-8-4-7-23(21-25)27(34)35/h1-12,21H,13-20H2,(H,30,31)(H,34,35). The summed E-state index contributed by atoms with van der Waals surface area (Å²) in [5.74, 6) is 0.639. The molecule has 0 radical (unpaired) electrons. The van der Waals surface area contributed by atoms with Crippen molar-refractivity contribution in [3.8, 4) is 5.75 Å². The van der Waals surface area contributed by atoms with Crippen molar-refractivity contribution in [3.05, 3.63) is 95.0 Å². The van der Waals surface area contributed by atoms with Crippen LogP contribution in [0.3, 0.4) is 0 Å². The van der Waals surface area contributed by atoms with E-state index >= 15 is 0 Å². The molecule has 0 aromatic heterocycles. The van der Waals surface area contributed by atoms with Gasteiger partial charge in [-0.3, -0.25) is 9.89 Å². The van der Waals surface area contributed by atoms with Crippen LogP contribution in [0.2, 0.25) is 5.02 Å². The third-order valence-corrected chi connectivity index (χ3v) is 6.28. The zero-order valence-corrected chi connectivity index (χ0v) is 20.9. The Morgan fingerprint density at radius 3 is 2.44 bits per heavy atom. The molecule has 3 aromatic rings. The molecule has 4 rings (SSSR count). The van der Waals surface area contributed by atoms with Gasteiger partial charge in [0.1, 0.15) is 12.4 Å². The summed E-state index contributed by atoms with van der Waals surface area (Å²) in [6, 6.07) is 24.5. The van der Waals surface area contributed by atoms with Gasteiger partial charge in [0, 0.05) is 50.0 Å². The lowest BCUT2D eigenvalue weighted by Crippen LogP contribution is -2.51. The van der Waals surface area contributed by atoms with Crippen LogP contribution in [0.5, 0.6) is 5.75 Å². The Morgan fingerprint density at radius 1 is 0.972 bits per heavy atom. The molecular formula is C28H31ClN4O3. The van der Waals surface area contributed by atoms with Crippen LogP contribution >= 0.6 is 11.6 Å². The minimum Gasteiger partial charge on any atom is -0.492 e. The lowest BCUT2D eigenvalue weighted by atomic mass is 10.1. The second-order valence-electron chi connectivity index (χ2n) is 8.58. The Kier molecular flexibility index (Phi) is 9.19. The monoisotopic (exact) mass is 506 g/mol. The van der Waals surface area contributed by atoms with Crippen LogP contribution in [-0.4, -0.2) is 72.7 Å². The van der Waals surface area contributed by atoms with E-state index < -0.39 is 5.97 Å². The number of aliphatic imine (C=N–C) groups is 1. The summed E-state index contributed by atoms with van der Waals surface area (Å²) in [5.41, 5.74) is 2.19. The van der Waals surface area contributed by atoms with Gasteiger partial charge in [0.25, 0.3) is 0 Å². The number of carbonyl (C=O) groups is 1. The van der Waals surface area contributed by atoms with Crippen LogP contribution in [0.1, 0.15) is 15.9 Å². The van der Waals surface area contributed by atoms with Crippen molar-refractivity contribution in [1.82, 2.24) is 9.80 Å². The van der Waals surface area contributed by atoms with Gasteiger partial charge in [-0.15, -0.1) is 0 Å². The Balaban J connectivity index is 1.34. The van der Waals surface area contributed by atoms with Crippen LogP contribution < -0.4 is 10.1 Å². The summed E-state index contributed by atoms with van der Waals surface area (Å²) in [6.07, 6.45) is 0.836. The Labute approximate surface area is 217 Å². The Hall–Kier alpha value is -3.55. The summed E-state index contributed by atoms with van der Waals surface area (Å²) in [6.45, 7) is 5.50. The average Bonchev–Trinajstić information content (AvgIpc) is 2.90. The number of hydrogen-bond acceptors (Lipinski definition) is 4. The van der Waals surface area contributed by atoms with Crippen LogP contribution in [-0.2, 0) is 6.42 Å². The quantitative estimate of drug-likeness (QED) is 0.322. The fourth-order valence-electron chi connectivity index (χ4n) is 4.02. The molecule has 7 nitrogen and oxygen atoms in total. The van der Waals surface area contributed by atoms with E-state index in [0.29, 0.717) is 23.9 Å². The number of aromatic carboxylic acids is 1. The highest BCUT2D eigenvalue weighted by molar-refractivity contribution is 6.30. The molecular weight excluding hydrogens is 476 g/mol. The summed E-state index contributed by atoms with van der Waals surface area (Å²) in [7, 11) is 0. The maximum Gasteiger partial charge on any atom is 0.335 e. The first kappa shape index (κ1) is 25.5. The van der Waals surface area contributed by atoms with Gasteiger partial charge in [-0.1, -0.05) is 48.0 Å². The number of anilines is 1. The fourth-order valence-corrected chi connectivity index (χ4v) is 4.15. The molecule has 0 bridgehead atoms. The molecule has 3 aromatic carbocycles. The van der Waals surface area contributed by atoms with Gasteiger partial charge >= 0.3 is 5.97 Å². The van der Waals surface area contributed by atoms with Crippen molar-refractivity contribution < 1.29 is 14.6 Å². The first-order chi connectivity index (χ1) is 17.6. The maximum absolute atomic E-state index is 11.4. The second-order valence-corrected chi connectivity index (χ2v) is 9.02. The molecule has 188 valence electrons. The minimum atomic E-state index is -0.948. The first-order valence-electron chi connectivity index (χ1n) is 12.1. The van der Waals surface area contributed by atoms with Crippen LogP contribution in [0.15, 0.2) is 83.9 Å². The maximum atomic E-state index is 11.4. The van der Waals surface area contributed by atoms with Gasteiger partial charge in [-0.2, -0.15) is 0 Å². The normalized spacial score (nSPS) is 14.5. The number of rotatable bonds is 9. The smallest absolute Gasteiger partial charge is 0.335 e. The van der Waals surface area contributed by atoms with Crippen molar-refractivity contribution in [2.45, 2.75) is 6.42 Å². The zero-order chi connectivity index (χ0) is 25.2. The van der Waals surface area contributed by atoms with Gasteiger partial charge in [0.05, 0.1) is 5.56 Å². The van der Waals surface area contributed by atoms with Crippen LogP contribution in [0, 0.1) is 0 Å². The van der Waals surface area contributed by atoms with Gasteiger partial charge in [0.15, 0.2) is 5.96 Å². The number of guanidine groups is 1. The molecule has 8 heteroatoms. The summed E-state index contributed by atoms with van der Waals surface area (Å²) in [4.78, 5) is 20.9. The number of nitrogens with one attached hydrogen (secondary N) is 1. The average molecular weight is 507 g/mol. The largest absolute Gasteiger partial charge is 0.492 e. The topological polar surface area (TPSA) is 77.4 Å². The van der Waals surface area contributed by atoms with E-state index in [9.17, 15) is 9.90 Å². The molecule has 0 spiro atoms. The SMILES string of the molecule is O=C(O)c1cccc(NC(=NCCc2ccccc2)N2CCN(CCOc3ccc(Cl)cc3)CC2)c1. The second kappa shape index (κ2) is 13.0. The minimum absolute atomic E-state index is 0.245. The number of halogens is 1. The Bertz CT molecular complexity index is 1150. The van der Waals surface area contributed by atoms with Gasteiger partial charge in [0.2, 0.25) is 0 Å². The highest BCUT2D eigenvalue weighted by Gasteiger charge is 2.20. The molecule has 36 heavy (non-hydrogen) atoms. The van der Waals surface area contributed by atoms with E-state index in [4.69, 9.17) is 21.3 Å². The van der Waals surface area contributed by atoms with Crippen LogP contribution in [0.25, 0.3) is 0 Å². The van der Waals surface area contributed by atoms with Crippen molar-refractivity contribution >= 4 is 29.2 Å². The zero-order valence-electron chi connectivity index (χ0n) is 20.1. The fraction of sp³-hybridized carbons (Fsp3) is 0.286. The van der Waals surface area contributed by atoms with Crippen LogP contribution in [0.4, 0.5) is 5.69 Å². The molecule has 1 heterocycles. The molecule has 1 aliphatic heterocycles. The lowest BCUT2D eigenvalue weighted by Gasteiger charge is -2.36. The van der Waals surface area contributed by atoms with Gasteiger partial charge in [-0.25, -0.2) is 4.79 Å². The number of hydrogen-bond donors (Lipinski definition) is 2. The van der Waals surface area contributed by atoms with Crippen molar-refractivity contribution in [1.29, 1.82) is 0 Å². The van der Waals surface area contributed by atoms with E-state index in [1.54, 1.807) is 18.2 Å². The van der Waals surface area contributed by atoms with Gasteiger partial charge in [-0.05, 0) is 54.4 Å². The lowest BCUT2D eigenvalue weighted by molar-refractivity contribution is 0.0697. The van der Waals surface area contributed by atoms with E-state index in [2.05, 4.69) is 27.2 Å². The molecule has 0 saturated carbocycles. The third kappa shape index (κ3) is 7.73. The van der Waals surface area contributed by atoms with E-state index in [-0.39, 0.29) is 5.56 Å². The summed E-state index contributed by atoms with van der Waals surface area (Å²) >= 11 is 5.93. The number of carboxylic acid groups (broad SMARTS) is 1. The highest BCUT2D eigenvalue weighted by Crippen LogP contribution is 2.16. The molecule has 0 unspecified atom stereocenters. The molecule has 0 atom stereocenters. The third-order valence-electron chi connectivity index (χ3n) is 6.03. The molecule has 1 aliphatic rings. The summed E-state index contributed by atoms with van der Waals surface area (Å²) in [5, 5.41) is 13.4. The predicted molar refractivity (Wildman–Crippen MR) is 144 cm³/mol. The van der Waals surface area contributed by atoms with Crippen molar-refractivity contribution in [2.24, 2.45) is 4.99 Å². The molecule has 1 saturated heterocycles. The molecule has 0 amide bonds. The number of nitrogens with zero attached hydrogens (tertiary/aromatic N) is 3.